The van der Waals surface area contributed by atoms with E-state index < -0.39 is 35.5 Å². The molecule has 1 aromatic rings. The minimum atomic E-state index is -0.628. The Kier molecular flexibility index (Phi) is 5.45. The molecule has 2 saturated heterocycles. The molecule has 0 bridgehead atoms. The number of nitrogens with zero attached hydrogens (tertiary/aromatic N) is 1. The van der Waals surface area contributed by atoms with E-state index in [1.807, 2.05) is 0 Å². The van der Waals surface area contributed by atoms with Gasteiger partial charge in [0, 0.05) is 11.5 Å². The van der Waals surface area contributed by atoms with Gasteiger partial charge in [0.1, 0.15) is 12.4 Å². The van der Waals surface area contributed by atoms with Crippen molar-refractivity contribution in [2.45, 2.75) is 12.1 Å². The third-order valence-electron chi connectivity index (χ3n) is 3.72. The van der Waals surface area contributed by atoms with Gasteiger partial charge in [-0.2, -0.15) is 11.8 Å². The van der Waals surface area contributed by atoms with E-state index >= 15 is 0 Å². The van der Waals surface area contributed by atoms with E-state index in [4.69, 9.17) is 0 Å². The summed E-state index contributed by atoms with van der Waals surface area (Å²) in [6.07, 6.45) is 0.792. The van der Waals surface area contributed by atoms with Crippen LogP contribution in [0.2, 0.25) is 0 Å². The molecule has 2 heterocycles. The molecule has 3 amide bonds. The lowest BCUT2D eigenvalue weighted by Gasteiger charge is -2.18. The highest BCUT2D eigenvalue weighted by molar-refractivity contribution is 8.18. The van der Waals surface area contributed by atoms with Gasteiger partial charge in [-0.05, 0) is 35.5 Å². The van der Waals surface area contributed by atoms with Crippen LogP contribution in [0.1, 0.15) is 5.56 Å². The van der Waals surface area contributed by atoms with E-state index in [2.05, 4.69) is 5.32 Å². The largest absolute Gasteiger partial charge is 0.390 e. The van der Waals surface area contributed by atoms with Crippen LogP contribution in [0.3, 0.4) is 0 Å². The van der Waals surface area contributed by atoms with Crippen molar-refractivity contribution < 1.29 is 23.9 Å². The number of halogens is 1. The topological polar surface area (TPSA) is 86.7 Å². The normalized spacial score (nSPS) is 25.0. The van der Waals surface area contributed by atoms with Crippen molar-refractivity contribution in [3.05, 3.63) is 40.6 Å². The van der Waals surface area contributed by atoms with Gasteiger partial charge in [0.25, 0.3) is 11.1 Å². The SMILES string of the molecule is O=C(CN1C(=O)S/C(=C\c2cccc(F)c2)C1=O)N[C@H]1CSC[C@@H]1O. The van der Waals surface area contributed by atoms with Crippen LogP contribution in [0.25, 0.3) is 6.08 Å². The van der Waals surface area contributed by atoms with E-state index in [-0.39, 0.29) is 10.9 Å². The molecule has 2 atom stereocenters. The third kappa shape index (κ3) is 4.23. The number of amides is 3. The molecule has 25 heavy (non-hydrogen) atoms. The van der Waals surface area contributed by atoms with Gasteiger partial charge in [-0.1, -0.05) is 12.1 Å². The first-order valence-electron chi connectivity index (χ1n) is 7.50. The second-order valence-corrected chi connectivity index (χ2v) is 7.67. The fourth-order valence-corrected chi connectivity index (χ4v) is 4.47. The van der Waals surface area contributed by atoms with E-state index in [1.165, 1.54) is 36.0 Å². The van der Waals surface area contributed by atoms with Crippen LogP contribution in [-0.2, 0) is 9.59 Å². The standard InChI is InChI=1S/C16H15FN2O4S2/c17-10-3-1-2-9(4-10)5-13-15(22)19(16(23)25-13)6-14(21)18-11-7-24-8-12(11)20/h1-5,11-12,20H,6-8H2,(H,18,21)/b13-5-/t11-,12-/m0/s1. The maximum absolute atomic E-state index is 13.2. The van der Waals surface area contributed by atoms with Crippen molar-refractivity contribution in [3.63, 3.8) is 0 Å². The Bertz CT molecular complexity index is 755. The summed E-state index contributed by atoms with van der Waals surface area (Å²) in [5, 5.41) is 11.8. The van der Waals surface area contributed by atoms with Gasteiger partial charge in [0.15, 0.2) is 0 Å². The van der Waals surface area contributed by atoms with Crippen LogP contribution in [0.4, 0.5) is 9.18 Å². The smallest absolute Gasteiger partial charge is 0.294 e. The maximum Gasteiger partial charge on any atom is 0.294 e. The average Bonchev–Trinajstić information content (AvgIpc) is 3.06. The zero-order valence-electron chi connectivity index (χ0n) is 13.0. The summed E-state index contributed by atoms with van der Waals surface area (Å²) in [5.74, 6) is -0.395. The Morgan fingerprint density at radius 1 is 1.40 bits per heavy atom. The summed E-state index contributed by atoms with van der Waals surface area (Å²) in [7, 11) is 0. The number of rotatable bonds is 4. The van der Waals surface area contributed by atoms with Gasteiger partial charge in [-0.15, -0.1) is 0 Å². The van der Waals surface area contributed by atoms with Gasteiger partial charge in [0.2, 0.25) is 5.91 Å². The lowest BCUT2D eigenvalue weighted by atomic mass is 10.2. The summed E-state index contributed by atoms with van der Waals surface area (Å²) >= 11 is 2.23. The van der Waals surface area contributed by atoms with Crippen molar-refractivity contribution in [2.24, 2.45) is 0 Å². The highest BCUT2D eigenvalue weighted by Gasteiger charge is 2.37. The number of thioether (sulfide) groups is 2. The molecule has 132 valence electrons. The second kappa shape index (κ2) is 7.59. The van der Waals surface area contributed by atoms with Gasteiger partial charge >= 0.3 is 0 Å². The molecular weight excluding hydrogens is 367 g/mol. The van der Waals surface area contributed by atoms with Crippen LogP contribution in [-0.4, -0.2) is 57.3 Å². The summed E-state index contributed by atoms with van der Waals surface area (Å²) in [5.41, 5.74) is 0.459. The van der Waals surface area contributed by atoms with Crippen LogP contribution in [0.5, 0.6) is 0 Å². The molecule has 0 aliphatic carbocycles. The summed E-state index contributed by atoms with van der Waals surface area (Å²) < 4.78 is 13.2. The summed E-state index contributed by atoms with van der Waals surface area (Å²) in [4.78, 5) is 37.4. The molecule has 2 aliphatic rings. The molecule has 0 aromatic heterocycles. The molecule has 0 saturated carbocycles. The number of nitrogens with one attached hydrogen (secondary N) is 1. The molecule has 3 rings (SSSR count). The van der Waals surface area contributed by atoms with E-state index in [0.717, 1.165) is 4.90 Å². The molecule has 6 nitrogen and oxygen atoms in total. The highest BCUT2D eigenvalue weighted by atomic mass is 32.2. The monoisotopic (exact) mass is 382 g/mol. The Hall–Kier alpha value is -1.84. The molecule has 2 N–H and O–H groups in total. The van der Waals surface area contributed by atoms with Crippen molar-refractivity contribution in [1.29, 1.82) is 0 Å². The van der Waals surface area contributed by atoms with Crippen LogP contribution < -0.4 is 5.32 Å². The number of hydrogen-bond acceptors (Lipinski definition) is 6. The fraction of sp³-hybridized carbons (Fsp3) is 0.312. The predicted molar refractivity (Wildman–Crippen MR) is 94.3 cm³/mol. The van der Waals surface area contributed by atoms with E-state index in [9.17, 15) is 23.9 Å². The molecule has 0 unspecified atom stereocenters. The summed E-state index contributed by atoms with van der Waals surface area (Å²) in [6, 6.07) is 5.27. The molecule has 1 aromatic carbocycles. The zero-order valence-corrected chi connectivity index (χ0v) is 14.6. The van der Waals surface area contributed by atoms with Gasteiger partial charge in [-0.3, -0.25) is 19.3 Å². The van der Waals surface area contributed by atoms with Crippen LogP contribution in [0, 0.1) is 5.82 Å². The highest BCUT2D eigenvalue weighted by Crippen LogP contribution is 2.32. The van der Waals surface area contributed by atoms with Crippen molar-refractivity contribution >= 4 is 46.7 Å². The average molecular weight is 382 g/mol. The number of carbonyl (C=O) groups excluding carboxylic acids is 3. The number of carbonyl (C=O) groups is 3. The van der Waals surface area contributed by atoms with Crippen LogP contribution >= 0.6 is 23.5 Å². The Morgan fingerprint density at radius 2 is 2.20 bits per heavy atom. The number of imide groups is 1. The first-order chi connectivity index (χ1) is 11.9. The van der Waals surface area contributed by atoms with E-state index in [1.54, 1.807) is 6.07 Å². The number of benzene rings is 1. The Labute approximate surface area is 151 Å². The number of hydrogen-bond donors (Lipinski definition) is 2. The van der Waals surface area contributed by atoms with Gasteiger partial charge in [-0.25, -0.2) is 4.39 Å². The van der Waals surface area contributed by atoms with Gasteiger partial charge < -0.3 is 10.4 Å². The maximum atomic E-state index is 13.2. The van der Waals surface area contributed by atoms with Crippen molar-refractivity contribution in [3.8, 4) is 0 Å². The lowest BCUT2D eigenvalue weighted by molar-refractivity contribution is -0.129. The zero-order chi connectivity index (χ0) is 18.0. The molecular formula is C16H15FN2O4S2. The first kappa shape index (κ1) is 18.0. The number of aliphatic hydroxyl groups is 1. The lowest BCUT2D eigenvalue weighted by Crippen LogP contribution is -2.47. The molecule has 0 radical (unpaired) electrons. The van der Waals surface area contributed by atoms with Crippen molar-refractivity contribution in [1.82, 2.24) is 10.2 Å². The third-order valence-corrected chi connectivity index (χ3v) is 5.80. The minimum absolute atomic E-state index is 0.139. The molecule has 2 fully saturated rings. The van der Waals surface area contributed by atoms with Crippen LogP contribution in [0.15, 0.2) is 29.2 Å². The fourth-order valence-electron chi connectivity index (χ4n) is 2.46. The quantitative estimate of drug-likeness (QED) is 0.767. The molecule has 0 spiro atoms. The van der Waals surface area contributed by atoms with E-state index in [0.29, 0.717) is 28.8 Å². The molecule has 9 heteroatoms. The number of aliphatic hydroxyl groups excluding tert-OH is 1. The minimum Gasteiger partial charge on any atom is -0.390 e. The second-order valence-electron chi connectivity index (χ2n) is 5.60. The first-order valence-corrected chi connectivity index (χ1v) is 9.47. The summed E-state index contributed by atoms with van der Waals surface area (Å²) in [6.45, 7) is -0.404. The molecule has 2 aliphatic heterocycles. The van der Waals surface area contributed by atoms with Gasteiger partial charge in [0.05, 0.1) is 17.1 Å². The Balaban J connectivity index is 1.66. The Morgan fingerprint density at radius 3 is 2.88 bits per heavy atom. The predicted octanol–water partition coefficient (Wildman–Crippen LogP) is 1.45. The van der Waals surface area contributed by atoms with Crippen molar-refractivity contribution in [2.75, 3.05) is 18.1 Å².